The van der Waals surface area contributed by atoms with Gasteiger partial charge in [0.1, 0.15) is 28.4 Å². The summed E-state index contributed by atoms with van der Waals surface area (Å²) in [7, 11) is 0. The van der Waals surface area contributed by atoms with Crippen LogP contribution in [-0.4, -0.2) is 16.2 Å². The van der Waals surface area contributed by atoms with Gasteiger partial charge in [-0.05, 0) is 31.2 Å². The Labute approximate surface area is 174 Å². The van der Waals surface area contributed by atoms with E-state index >= 15 is 0 Å². The molecule has 3 aromatic rings. The van der Waals surface area contributed by atoms with Crippen molar-refractivity contribution in [2.24, 2.45) is 0 Å². The normalized spacial score (nSPS) is 10.7. The van der Waals surface area contributed by atoms with E-state index in [2.05, 4.69) is 15.5 Å². The number of nitrogens with zero attached hydrogens (tertiary/aromatic N) is 2. The van der Waals surface area contributed by atoms with Gasteiger partial charge in [0.15, 0.2) is 0 Å². The van der Waals surface area contributed by atoms with Gasteiger partial charge in [-0.2, -0.15) is 0 Å². The maximum Gasteiger partial charge on any atom is 0.411 e. The van der Waals surface area contributed by atoms with Gasteiger partial charge in [-0.1, -0.05) is 57.6 Å². The van der Waals surface area contributed by atoms with Crippen LogP contribution in [0, 0.1) is 6.92 Å². The van der Waals surface area contributed by atoms with Gasteiger partial charge in [-0.15, -0.1) is 0 Å². The molecular formula is C17H11Cl4N3O3. The number of amides is 1. The summed E-state index contributed by atoms with van der Waals surface area (Å²) in [5.74, 6) is 0.476. The van der Waals surface area contributed by atoms with Crippen LogP contribution in [0.15, 0.2) is 34.9 Å². The molecule has 2 heterocycles. The topological polar surface area (TPSA) is 77.2 Å². The van der Waals surface area contributed by atoms with Crippen molar-refractivity contribution < 1.29 is 14.1 Å². The third kappa shape index (κ3) is 4.65. The van der Waals surface area contributed by atoms with Gasteiger partial charge >= 0.3 is 6.09 Å². The van der Waals surface area contributed by atoms with Crippen molar-refractivity contribution in [2.75, 3.05) is 5.32 Å². The van der Waals surface area contributed by atoms with E-state index in [0.29, 0.717) is 38.3 Å². The average Bonchev–Trinajstić information content (AvgIpc) is 2.92. The van der Waals surface area contributed by atoms with Crippen molar-refractivity contribution in [3.8, 4) is 11.3 Å². The van der Waals surface area contributed by atoms with Gasteiger partial charge in [-0.25, -0.2) is 9.78 Å². The zero-order valence-electron chi connectivity index (χ0n) is 13.7. The van der Waals surface area contributed by atoms with Gasteiger partial charge in [0.2, 0.25) is 0 Å². The first-order chi connectivity index (χ1) is 12.8. The molecule has 0 aliphatic heterocycles. The maximum absolute atomic E-state index is 12.1. The summed E-state index contributed by atoms with van der Waals surface area (Å²) in [5.41, 5.74) is 1.81. The Hall–Kier alpha value is -1.99. The second-order valence-electron chi connectivity index (χ2n) is 5.36. The van der Waals surface area contributed by atoms with E-state index < -0.39 is 6.09 Å². The first-order valence-corrected chi connectivity index (χ1v) is 9.02. The van der Waals surface area contributed by atoms with Crippen molar-refractivity contribution in [2.45, 2.75) is 13.5 Å². The van der Waals surface area contributed by atoms with Gasteiger partial charge < -0.3 is 9.26 Å². The molecule has 2 aromatic heterocycles. The summed E-state index contributed by atoms with van der Waals surface area (Å²) >= 11 is 24.1. The van der Waals surface area contributed by atoms with Crippen molar-refractivity contribution in [3.05, 3.63) is 62.0 Å². The monoisotopic (exact) mass is 445 g/mol. The Balaban J connectivity index is 1.77. The molecule has 0 aliphatic carbocycles. The molecule has 0 atom stereocenters. The third-order valence-electron chi connectivity index (χ3n) is 3.54. The fourth-order valence-corrected chi connectivity index (χ4v) is 3.35. The van der Waals surface area contributed by atoms with Gasteiger partial charge in [0.25, 0.3) is 0 Å². The van der Waals surface area contributed by atoms with Crippen LogP contribution in [0.4, 0.5) is 10.5 Å². The summed E-state index contributed by atoms with van der Waals surface area (Å²) in [6.45, 7) is 1.59. The van der Waals surface area contributed by atoms with Crippen molar-refractivity contribution in [1.29, 1.82) is 0 Å². The molecule has 0 saturated heterocycles. The molecule has 0 radical (unpaired) electrons. The maximum atomic E-state index is 12.1. The average molecular weight is 447 g/mol. The Morgan fingerprint density at radius 3 is 2.41 bits per heavy atom. The zero-order valence-corrected chi connectivity index (χ0v) is 16.7. The number of ether oxygens (including phenoxy) is 1. The Morgan fingerprint density at radius 1 is 1.15 bits per heavy atom. The summed E-state index contributed by atoms with van der Waals surface area (Å²) in [6.07, 6.45) is -0.717. The minimum absolute atomic E-state index is 0.107. The molecule has 10 heteroatoms. The van der Waals surface area contributed by atoms with Gasteiger partial charge in [-0.3, -0.25) is 5.32 Å². The third-order valence-corrected chi connectivity index (χ3v) is 4.56. The van der Waals surface area contributed by atoms with E-state index in [1.807, 2.05) is 0 Å². The summed E-state index contributed by atoms with van der Waals surface area (Å²) in [6, 6.07) is 7.96. The van der Waals surface area contributed by atoms with E-state index in [9.17, 15) is 4.79 Å². The number of anilines is 1. The second-order valence-corrected chi connectivity index (χ2v) is 6.95. The number of pyridine rings is 1. The Morgan fingerprint density at radius 2 is 1.78 bits per heavy atom. The molecule has 0 saturated carbocycles. The minimum atomic E-state index is -0.717. The summed E-state index contributed by atoms with van der Waals surface area (Å²) < 4.78 is 10.5. The molecule has 1 amide bonds. The number of aromatic nitrogens is 2. The lowest BCUT2D eigenvalue weighted by Crippen LogP contribution is -2.14. The molecule has 0 fully saturated rings. The number of carbonyl (C=O) groups is 1. The molecule has 0 aliphatic rings. The molecule has 1 aromatic carbocycles. The SMILES string of the molecule is Cc1onc(-c2c(Cl)cccc2Cl)c1COC(=O)Nc1cc(Cl)nc(Cl)c1. The summed E-state index contributed by atoms with van der Waals surface area (Å²) in [4.78, 5) is 15.9. The largest absolute Gasteiger partial charge is 0.444 e. The van der Waals surface area contributed by atoms with E-state index in [1.54, 1.807) is 25.1 Å². The predicted octanol–water partition coefficient (Wildman–Crippen LogP) is 6.41. The van der Waals surface area contributed by atoms with Crippen LogP contribution in [0.5, 0.6) is 0 Å². The van der Waals surface area contributed by atoms with Crippen molar-refractivity contribution >= 4 is 58.2 Å². The minimum Gasteiger partial charge on any atom is -0.444 e. The number of aryl methyl sites for hydroxylation is 1. The first kappa shape index (κ1) is 19.8. The smallest absolute Gasteiger partial charge is 0.411 e. The number of rotatable bonds is 4. The van der Waals surface area contributed by atoms with Gasteiger partial charge in [0, 0.05) is 5.56 Å². The lowest BCUT2D eigenvalue weighted by Gasteiger charge is -2.09. The van der Waals surface area contributed by atoms with Crippen molar-refractivity contribution in [1.82, 2.24) is 10.1 Å². The number of nitrogens with one attached hydrogen (secondary N) is 1. The van der Waals surface area contributed by atoms with Crippen molar-refractivity contribution in [3.63, 3.8) is 0 Å². The first-order valence-electron chi connectivity index (χ1n) is 7.51. The molecule has 140 valence electrons. The fourth-order valence-electron chi connectivity index (χ4n) is 2.31. The highest BCUT2D eigenvalue weighted by atomic mass is 35.5. The molecule has 0 unspecified atom stereocenters. The number of carbonyl (C=O) groups excluding carboxylic acids is 1. The standard InChI is InChI=1S/C17H11Cl4N3O3/c1-8-10(16(24-27-8)15-11(18)3-2-4-12(15)19)7-26-17(25)22-9-5-13(20)23-14(21)6-9/h2-6H,7H2,1H3,(H,22,23,25). The Bertz CT molecular complexity index is 967. The lowest BCUT2D eigenvalue weighted by atomic mass is 10.1. The highest BCUT2D eigenvalue weighted by molar-refractivity contribution is 6.39. The Kier molecular flexibility index (Phi) is 6.11. The van der Waals surface area contributed by atoms with Crippen LogP contribution < -0.4 is 5.32 Å². The molecule has 6 nitrogen and oxygen atoms in total. The number of hydrogen-bond acceptors (Lipinski definition) is 5. The van der Waals surface area contributed by atoms with Crippen LogP contribution in [-0.2, 0) is 11.3 Å². The number of halogens is 4. The molecular weight excluding hydrogens is 436 g/mol. The van der Waals surface area contributed by atoms with Gasteiger partial charge in [0.05, 0.1) is 21.3 Å². The van der Waals surface area contributed by atoms with Crippen LogP contribution in [0.3, 0.4) is 0 Å². The summed E-state index contributed by atoms with van der Waals surface area (Å²) in [5, 5.41) is 7.60. The number of hydrogen-bond donors (Lipinski definition) is 1. The van der Waals surface area contributed by atoms with E-state index in [1.165, 1.54) is 12.1 Å². The molecule has 1 N–H and O–H groups in total. The fraction of sp³-hybridized carbons (Fsp3) is 0.118. The van der Waals surface area contributed by atoms with Crippen LogP contribution in [0.25, 0.3) is 11.3 Å². The quantitative estimate of drug-likeness (QED) is 0.468. The van der Waals surface area contributed by atoms with E-state index in [4.69, 9.17) is 55.7 Å². The lowest BCUT2D eigenvalue weighted by molar-refractivity contribution is 0.154. The van der Waals surface area contributed by atoms with Crippen LogP contribution in [0.1, 0.15) is 11.3 Å². The highest BCUT2D eigenvalue weighted by Gasteiger charge is 2.21. The molecule has 0 bridgehead atoms. The predicted molar refractivity (Wildman–Crippen MR) is 105 cm³/mol. The highest BCUT2D eigenvalue weighted by Crippen LogP contribution is 2.37. The van der Waals surface area contributed by atoms with E-state index in [-0.39, 0.29) is 16.9 Å². The zero-order chi connectivity index (χ0) is 19.6. The number of benzene rings is 1. The molecule has 27 heavy (non-hydrogen) atoms. The second kappa shape index (κ2) is 8.35. The molecule has 0 spiro atoms. The van der Waals surface area contributed by atoms with E-state index in [0.717, 1.165) is 0 Å². The molecule has 3 rings (SSSR count). The van der Waals surface area contributed by atoms with Crippen LogP contribution in [0.2, 0.25) is 20.4 Å². The van der Waals surface area contributed by atoms with Crippen LogP contribution >= 0.6 is 46.4 Å².